The molecule has 0 N–H and O–H groups in total. The van der Waals surface area contributed by atoms with Gasteiger partial charge in [-0.05, 0) is 24.7 Å². The summed E-state index contributed by atoms with van der Waals surface area (Å²) in [5.41, 5.74) is -0.643. The molecule has 0 saturated heterocycles. The SMILES string of the molecule is CCCC(C)CC1(CC(C)C)CC1(F)F. The molecule has 0 nitrogen and oxygen atoms in total. The van der Waals surface area contributed by atoms with Crippen LogP contribution in [0.3, 0.4) is 0 Å². The molecule has 1 rings (SSSR count). The molecule has 0 bridgehead atoms. The van der Waals surface area contributed by atoms with Crippen LogP contribution < -0.4 is 0 Å². The summed E-state index contributed by atoms with van der Waals surface area (Å²) < 4.78 is 26.8. The van der Waals surface area contributed by atoms with Crippen LogP contribution in [0.15, 0.2) is 0 Å². The maximum Gasteiger partial charge on any atom is 0.254 e. The fourth-order valence-electron chi connectivity index (χ4n) is 2.95. The lowest BCUT2D eigenvalue weighted by molar-refractivity contribution is 0.0444. The predicted molar refractivity (Wildman–Crippen MR) is 60.1 cm³/mol. The van der Waals surface area contributed by atoms with Gasteiger partial charge in [0.05, 0.1) is 0 Å². The van der Waals surface area contributed by atoms with Crippen molar-refractivity contribution in [3.8, 4) is 0 Å². The van der Waals surface area contributed by atoms with Crippen LogP contribution in [0, 0.1) is 17.3 Å². The molecule has 15 heavy (non-hydrogen) atoms. The summed E-state index contributed by atoms with van der Waals surface area (Å²) >= 11 is 0. The lowest BCUT2D eigenvalue weighted by Crippen LogP contribution is -2.17. The highest BCUT2D eigenvalue weighted by atomic mass is 19.3. The van der Waals surface area contributed by atoms with Crippen LogP contribution in [-0.4, -0.2) is 5.92 Å². The highest BCUT2D eigenvalue weighted by Gasteiger charge is 2.70. The first-order chi connectivity index (χ1) is 6.83. The largest absolute Gasteiger partial charge is 0.254 e. The lowest BCUT2D eigenvalue weighted by Gasteiger charge is -2.22. The molecule has 2 unspecified atom stereocenters. The van der Waals surface area contributed by atoms with E-state index in [0.717, 1.165) is 12.8 Å². The molecule has 0 heterocycles. The first-order valence-electron chi connectivity index (χ1n) is 6.21. The van der Waals surface area contributed by atoms with Gasteiger partial charge in [0, 0.05) is 11.8 Å². The Labute approximate surface area is 92.4 Å². The molecule has 1 aliphatic carbocycles. The van der Waals surface area contributed by atoms with E-state index in [2.05, 4.69) is 13.8 Å². The summed E-state index contributed by atoms with van der Waals surface area (Å²) in [6.45, 7) is 8.32. The van der Waals surface area contributed by atoms with E-state index in [-0.39, 0.29) is 6.42 Å². The molecule has 0 aliphatic heterocycles. The van der Waals surface area contributed by atoms with Crippen molar-refractivity contribution in [2.75, 3.05) is 0 Å². The van der Waals surface area contributed by atoms with Crippen LogP contribution >= 0.6 is 0 Å². The van der Waals surface area contributed by atoms with E-state index in [1.54, 1.807) is 0 Å². The van der Waals surface area contributed by atoms with Crippen LogP contribution in [-0.2, 0) is 0 Å². The normalized spacial score (nSPS) is 30.6. The topological polar surface area (TPSA) is 0 Å². The monoisotopic (exact) mass is 218 g/mol. The van der Waals surface area contributed by atoms with E-state index >= 15 is 0 Å². The Kier molecular flexibility index (Phi) is 3.78. The number of halogens is 2. The molecule has 90 valence electrons. The summed E-state index contributed by atoms with van der Waals surface area (Å²) in [6, 6.07) is 0. The van der Waals surface area contributed by atoms with Gasteiger partial charge in [-0.1, -0.05) is 40.5 Å². The van der Waals surface area contributed by atoms with Gasteiger partial charge >= 0.3 is 0 Å². The smallest absolute Gasteiger partial charge is 0.206 e. The number of hydrogen-bond acceptors (Lipinski definition) is 0. The van der Waals surface area contributed by atoms with Crippen molar-refractivity contribution < 1.29 is 8.78 Å². The third kappa shape index (κ3) is 2.92. The zero-order valence-corrected chi connectivity index (χ0v) is 10.4. The molecule has 1 aliphatic rings. The Morgan fingerprint density at radius 1 is 1.13 bits per heavy atom. The van der Waals surface area contributed by atoms with Gasteiger partial charge in [-0.15, -0.1) is 0 Å². The molecule has 0 aromatic rings. The van der Waals surface area contributed by atoms with E-state index in [4.69, 9.17) is 0 Å². The minimum absolute atomic E-state index is 0.131. The Hall–Kier alpha value is -0.140. The summed E-state index contributed by atoms with van der Waals surface area (Å²) in [4.78, 5) is 0. The highest BCUT2D eigenvalue weighted by Crippen LogP contribution is 2.66. The zero-order chi connectivity index (χ0) is 11.7. The second-order valence-electron chi connectivity index (χ2n) is 5.86. The zero-order valence-electron chi connectivity index (χ0n) is 10.4. The van der Waals surface area contributed by atoms with E-state index in [0.29, 0.717) is 24.7 Å². The molecule has 2 atom stereocenters. The van der Waals surface area contributed by atoms with E-state index in [1.807, 2.05) is 13.8 Å². The van der Waals surface area contributed by atoms with Crippen molar-refractivity contribution in [3.05, 3.63) is 0 Å². The average Bonchev–Trinajstić information content (AvgIpc) is 2.49. The van der Waals surface area contributed by atoms with Crippen LogP contribution in [0.4, 0.5) is 8.78 Å². The van der Waals surface area contributed by atoms with Crippen molar-refractivity contribution >= 4 is 0 Å². The van der Waals surface area contributed by atoms with Crippen molar-refractivity contribution in [1.82, 2.24) is 0 Å². The summed E-state index contributed by atoms with van der Waals surface area (Å²) in [5, 5.41) is 0. The van der Waals surface area contributed by atoms with Gasteiger partial charge in [-0.2, -0.15) is 0 Å². The van der Waals surface area contributed by atoms with Gasteiger partial charge in [0.2, 0.25) is 0 Å². The standard InChI is InChI=1S/C13H24F2/c1-5-6-11(4)8-12(7-10(2)3)9-13(12,14)15/h10-11H,5-9H2,1-4H3. The Bertz CT molecular complexity index is 211. The molecule has 0 amide bonds. The van der Waals surface area contributed by atoms with Gasteiger partial charge in [0.25, 0.3) is 5.92 Å². The Balaban J connectivity index is 2.53. The van der Waals surface area contributed by atoms with Crippen LogP contribution in [0.1, 0.15) is 59.8 Å². The first-order valence-corrected chi connectivity index (χ1v) is 6.21. The second kappa shape index (κ2) is 4.39. The number of alkyl halides is 2. The van der Waals surface area contributed by atoms with Gasteiger partial charge in [0.15, 0.2) is 0 Å². The summed E-state index contributed by atoms with van der Waals surface area (Å²) in [6.07, 6.45) is 3.72. The quantitative estimate of drug-likeness (QED) is 0.595. The molecule has 0 aromatic heterocycles. The number of rotatable bonds is 6. The maximum absolute atomic E-state index is 13.4. The van der Waals surface area contributed by atoms with Gasteiger partial charge in [-0.3, -0.25) is 0 Å². The highest BCUT2D eigenvalue weighted by molar-refractivity contribution is 5.10. The third-order valence-electron chi connectivity index (χ3n) is 3.53. The van der Waals surface area contributed by atoms with Gasteiger partial charge < -0.3 is 0 Å². The second-order valence-corrected chi connectivity index (χ2v) is 5.86. The van der Waals surface area contributed by atoms with E-state index in [1.165, 1.54) is 0 Å². The minimum Gasteiger partial charge on any atom is -0.206 e. The molecule has 0 spiro atoms. The molecule has 2 heteroatoms. The summed E-state index contributed by atoms with van der Waals surface area (Å²) in [5.74, 6) is -1.55. The molecule has 0 radical (unpaired) electrons. The van der Waals surface area contributed by atoms with Crippen LogP contribution in [0.2, 0.25) is 0 Å². The summed E-state index contributed by atoms with van der Waals surface area (Å²) in [7, 11) is 0. The Morgan fingerprint density at radius 2 is 1.67 bits per heavy atom. The van der Waals surface area contributed by atoms with Crippen molar-refractivity contribution in [2.24, 2.45) is 17.3 Å². The van der Waals surface area contributed by atoms with E-state index in [9.17, 15) is 8.78 Å². The van der Waals surface area contributed by atoms with Crippen molar-refractivity contribution in [3.63, 3.8) is 0 Å². The van der Waals surface area contributed by atoms with Gasteiger partial charge in [-0.25, -0.2) is 8.78 Å². The average molecular weight is 218 g/mol. The van der Waals surface area contributed by atoms with Crippen molar-refractivity contribution in [1.29, 1.82) is 0 Å². The molecule has 1 saturated carbocycles. The predicted octanol–water partition coefficient (Wildman–Crippen LogP) is 4.88. The molecular formula is C13H24F2. The van der Waals surface area contributed by atoms with Crippen LogP contribution in [0.5, 0.6) is 0 Å². The number of hydrogen-bond donors (Lipinski definition) is 0. The van der Waals surface area contributed by atoms with Crippen molar-refractivity contribution in [2.45, 2.75) is 65.7 Å². The fraction of sp³-hybridized carbons (Fsp3) is 1.00. The Morgan fingerprint density at radius 3 is 2.00 bits per heavy atom. The molecular weight excluding hydrogens is 194 g/mol. The maximum atomic E-state index is 13.4. The third-order valence-corrected chi connectivity index (χ3v) is 3.53. The molecule has 0 aromatic carbocycles. The first kappa shape index (κ1) is 12.9. The van der Waals surface area contributed by atoms with E-state index < -0.39 is 11.3 Å². The fourth-order valence-corrected chi connectivity index (χ4v) is 2.95. The van der Waals surface area contributed by atoms with Crippen LogP contribution in [0.25, 0.3) is 0 Å². The molecule has 1 fully saturated rings. The minimum atomic E-state index is -2.38. The lowest BCUT2D eigenvalue weighted by atomic mass is 9.84. The van der Waals surface area contributed by atoms with Gasteiger partial charge in [0.1, 0.15) is 0 Å².